The lowest BCUT2D eigenvalue weighted by Crippen LogP contribution is -2.52. The zero-order valence-electron chi connectivity index (χ0n) is 21.8. The zero-order chi connectivity index (χ0) is 25.3. The first-order chi connectivity index (χ1) is 15.3. The molecule has 0 aliphatic heterocycles. The molecule has 1 aromatic carbocycles. The topological polar surface area (TPSA) is 87.7 Å². The zero-order valence-corrected chi connectivity index (χ0v) is 21.8. The van der Waals surface area contributed by atoms with Crippen LogP contribution in [0.4, 0.5) is 4.79 Å². The largest absolute Gasteiger partial charge is 0.444 e. The summed E-state index contributed by atoms with van der Waals surface area (Å²) < 4.78 is 5.37. The van der Waals surface area contributed by atoms with Crippen LogP contribution in [0.3, 0.4) is 0 Å². The van der Waals surface area contributed by atoms with Crippen molar-refractivity contribution in [2.45, 2.75) is 98.4 Å². The Labute approximate surface area is 199 Å². The van der Waals surface area contributed by atoms with Crippen molar-refractivity contribution < 1.29 is 19.1 Å². The lowest BCUT2D eigenvalue weighted by atomic mass is 9.97. The quantitative estimate of drug-likeness (QED) is 0.527. The Bertz CT molecular complexity index is 801. The van der Waals surface area contributed by atoms with Gasteiger partial charge in [-0.15, -0.1) is 0 Å². The predicted octanol–water partition coefficient (Wildman–Crippen LogP) is 4.74. The average molecular weight is 462 g/mol. The summed E-state index contributed by atoms with van der Waals surface area (Å²) in [7, 11) is 1.62. The number of carbonyl (C=O) groups excluding carboxylic acids is 3. The average Bonchev–Trinajstić information content (AvgIpc) is 2.66. The smallest absolute Gasteiger partial charge is 0.408 e. The maximum absolute atomic E-state index is 13.6. The Morgan fingerprint density at radius 1 is 1.06 bits per heavy atom. The molecule has 0 radical (unpaired) electrons. The van der Waals surface area contributed by atoms with E-state index in [0.717, 1.165) is 24.0 Å². The van der Waals surface area contributed by atoms with Crippen molar-refractivity contribution >= 4 is 17.9 Å². The van der Waals surface area contributed by atoms with Crippen LogP contribution in [0.2, 0.25) is 0 Å². The van der Waals surface area contributed by atoms with E-state index in [4.69, 9.17) is 4.74 Å². The fourth-order valence-electron chi connectivity index (χ4n) is 3.76. The van der Waals surface area contributed by atoms with Crippen LogP contribution in [0, 0.1) is 12.8 Å². The van der Waals surface area contributed by atoms with Crippen molar-refractivity contribution in [3.63, 3.8) is 0 Å². The van der Waals surface area contributed by atoms with Crippen molar-refractivity contribution in [3.05, 3.63) is 35.4 Å². The van der Waals surface area contributed by atoms with Crippen molar-refractivity contribution in [2.75, 3.05) is 7.05 Å². The number of amides is 3. The second-order valence-electron chi connectivity index (χ2n) is 10.2. The van der Waals surface area contributed by atoms with E-state index in [0.29, 0.717) is 6.42 Å². The van der Waals surface area contributed by atoms with Gasteiger partial charge in [0.15, 0.2) is 0 Å². The van der Waals surface area contributed by atoms with Gasteiger partial charge in [-0.25, -0.2) is 4.79 Å². The van der Waals surface area contributed by atoms with E-state index in [9.17, 15) is 14.4 Å². The van der Waals surface area contributed by atoms with Gasteiger partial charge in [0.1, 0.15) is 17.7 Å². The van der Waals surface area contributed by atoms with E-state index in [1.807, 2.05) is 52.0 Å². The Kier molecular flexibility index (Phi) is 10.9. The predicted molar refractivity (Wildman–Crippen MR) is 132 cm³/mol. The van der Waals surface area contributed by atoms with Crippen molar-refractivity contribution in [3.8, 4) is 0 Å². The van der Waals surface area contributed by atoms with Crippen LogP contribution in [0.25, 0.3) is 0 Å². The standard InChI is InChI=1S/C26H43N3O4/c1-10-13-19(5)27-23(30)22(20-15-12-11-14-18(20)4)29(9)24(31)21(16-17(2)3)28-25(32)33-26(6,7)8/h11-12,14-15,17,19,21-22H,10,13,16H2,1-9H3,(H,27,30)(H,28,32). The highest BCUT2D eigenvalue weighted by Crippen LogP contribution is 2.25. The van der Waals surface area contributed by atoms with E-state index in [2.05, 4.69) is 17.6 Å². The Balaban J connectivity index is 3.26. The van der Waals surface area contributed by atoms with E-state index in [-0.39, 0.29) is 23.8 Å². The number of hydrogen-bond acceptors (Lipinski definition) is 4. The summed E-state index contributed by atoms with van der Waals surface area (Å²) >= 11 is 0. The third-order valence-corrected chi connectivity index (χ3v) is 5.27. The van der Waals surface area contributed by atoms with Gasteiger partial charge in [0.2, 0.25) is 11.8 Å². The maximum atomic E-state index is 13.6. The number of carbonyl (C=O) groups is 3. The van der Waals surface area contributed by atoms with Gasteiger partial charge in [-0.05, 0) is 64.5 Å². The van der Waals surface area contributed by atoms with Crippen LogP contribution in [0.1, 0.15) is 84.9 Å². The highest BCUT2D eigenvalue weighted by atomic mass is 16.6. The number of ether oxygens (including phenoxy) is 1. The fourth-order valence-corrected chi connectivity index (χ4v) is 3.76. The molecule has 3 unspecified atom stereocenters. The van der Waals surface area contributed by atoms with Gasteiger partial charge in [-0.1, -0.05) is 51.5 Å². The van der Waals surface area contributed by atoms with Gasteiger partial charge in [0.05, 0.1) is 0 Å². The molecule has 0 spiro atoms. The minimum atomic E-state index is -0.812. The molecule has 0 aliphatic rings. The lowest BCUT2D eigenvalue weighted by Gasteiger charge is -2.33. The van der Waals surface area contributed by atoms with Crippen LogP contribution < -0.4 is 10.6 Å². The Hall–Kier alpha value is -2.57. The molecule has 7 nitrogen and oxygen atoms in total. The number of aryl methyl sites for hydroxylation is 1. The third-order valence-electron chi connectivity index (χ3n) is 5.27. The van der Waals surface area contributed by atoms with Crippen molar-refractivity contribution in [1.29, 1.82) is 0 Å². The number of hydrogen-bond donors (Lipinski definition) is 2. The Morgan fingerprint density at radius 2 is 1.67 bits per heavy atom. The van der Waals surface area contributed by atoms with E-state index in [1.165, 1.54) is 4.90 Å². The maximum Gasteiger partial charge on any atom is 0.408 e. The van der Waals surface area contributed by atoms with Gasteiger partial charge in [-0.3, -0.25) is 9.59 Å². The lowest BCUT2D eigenvalue weighted by molar-refractivity contribution is -0.141. The number of rotatable bonds is 10. The molecule has 3 atom stereocenters. The first kappa shape index (κ1) is 28.5. The number of nitrogens with one attached hydrogen (secondary N) is 2. The number of alkyl carbamates (subject to hydrolysis) is 1. The minimum Gasteiger partial charge on any atom is -0.444 e. The highest BCUT2D eigenvalue weighted by Gasteiger charge is 2.35. The second-order valence-corrected chi connectivity index (χ2v) is 10.2. The highest BCUT2D eigenvalue weighted by molar-refractivity contribution is 5.92. The van der Waals surface area contributed by atoms with Crippen LogP contribution >= 0.6 is 0 Å². The number of nitrogens with zero attached hydrogens (tertiary/aromatic N) is 1. The van der Waals surface area contributed by atoms with Gasteiger partial charge in [0, 0.05) is 13.1 Å². The van der Waals surface area contributed by atoms with Crippen LogP contribution in [0.15, 0.2) is 24.3 Å². The molecule has 3 amide bonds. The first-order valence-corrected chi connectivity index (χ1v) is 11.9. The summed E-state index contributed by atoms with van der Waals surface area (Å²) in [5, 5.41) is 5.77. The summed E-state index contributed by atoms with van der Waals surface area (Å²) in [5.41, 5.74) is 0.997. The molecular formula is C26H43N3O4. The van der Waals surface area contributed by atoms with Crippen LogP contribution in [-0.2, 0) is 14.3 Å². The van der Waals surface area contributed by atoms with E-state index in [1.54, 1.807) is 27.8 Å². The van der Waals surface area contributed by atoms with E-state index >= 15 is 0 Å². The summed E-state index contributed by atoms with van der Waals surface area (Å²) in [4.78, 5) is 40.8. The van der Waals surface area contributed by atoms with E-state index < -0.39 is 23.8 Å². The minimum absolute atomic E-state index is 0.0103. The molecule has 1 rings (SSSR count). The van der Waals surface area contributed by atoms with Crippen molar-refractivity contribution in [1.82, 2.24) is 15.5 Å². The number of benzene rings is 1. The molecule has 0 heterocycles. The van der Waals surface area contributed by atoms with Crippen molar-refractivity contribution in [2.24, 2.45) is 5.92 Å². The molecule has 0 saturated carbocycles. The van der Waals surface area contributed by atoms with Crippen LogP contribution in [0.5, 0.6) is 0 Å². The molecule has 0 aromatic heterocycles. The summed E-state index contributed by atoms with van der Waals surface area (Å²) in [5.74, 6) is -0.416. The molecule has 0 saturated heterocycles. The molecule has 0 bridgehead atoms. The molecule has 0 aliphatic carbocycles. The normalized spacial score (nSPS) is 14.2. The molecule has 2 N–H and O–H groups in total. The third kappa shape index (κ3) is 9.44. The molecule has 33 heavy (non-hydrogen) atoms. The molecule has 1 aromatic rings. The van der Waals surface area contributed by atoms with Gasteiger partial charge < -0.3 is 20.3 Å². The van der Waals surface area contributed by atoms with Gasteiger partial charge >= 0.3 is 6.09 Å². The van der Waals surface area contributed by atoms with Gasteiger partial charge in [-0.2, -0.15) is 0 Å². The first-order valence-electron chi connectivity index (χ1n) is 11.9. The Morgan fingerprint density at radius 3 is 2.18 bits per heavy atom. The second kappa shape index (κ2) is 12.6. The summed E-state index contributed by atoms with van der Waals surface area (Å²) in [6.45, 7) is 15.2. The number of likely N-dealkylation sites (N-methyl/N-ethyl adjacent to an activating group) is 1. The molecule has 0 fully saturated rings. The van der Waals surface area contributed by atoms with Gasteiger partial charge in [0.25, 0.3) is 0 Å². The summed E-state index contributed by atoms with van der Waals surface area (Å²) in [6, 6.07) is 5.93. The molecule has 186 valence electrons. The monoisotopic (exact) mass is 461 g/mol. The molecular weight excluding hydrogens is 418 g/mol. The summed E-state index contributed by atoms with van der Waals surface area (Å²) in [6.07, 6.45) is 1.57. The SMILES string of the molecule is CCCC(C)NC(=O)C(c1ccccc1C)N(C)C(=O)C(CC(C)C)NC(=O)OC(C)(C)C. The van der Waals surface area contributed by atoms with Crippen LogP contribution in [-0.4, -0.2) is 47.5 Å². The fraction of sp³-hybridized carbons (Fsp3) is 0.654. The molecule has 7 heteroatoms.